The molecular formula is C37H31F2N7O3S. The summed E-state index contributed by atoms with van der Waals surface area (Å²) in [4.78, 5) is 32.1. The van der Waals surface area contributed by atoms with Crippen LogP contribution in [0, 0.1) is 18.6 Å². The molecule has 2 atom stereocenters. The molecule has 0 saturated carbocycles. The van der Waals surface area contributed by atoms with Crippen molar-refractivity contribution in [2.75, 3.05) is 19.0 Å². The Morgan fingerprint density at radius 3 is 2.70 bits per heavy atom. The highest BCUT2D eigenvalue weighted by atomic mass is 32.1. The quantitative estimate of drug-likeness (QED) is 0.172. The van der Waals surface area contributed by atoms with Gasteiger partial charge in [-0.25, -0.2) is 18.7 Å². The first-order valence-corrected chi connectivity index (χ1v) is 17.5. The number of halogens is 2. The first-order chi connectivity index (χ1) is 24.4. The van der Waals surface area contributed by atoms with Crippen molar-refractivity contribution in [1.82, 2.24) is 30.0 Å². The van der Waals surface area contributed by atoms with E-state index in [1.807, 2.05) is 11.0 Å². The number of ether oxygens (including phenoxy) is 1. The van der Waals surface area contributed by atoms with Gasteiger partial charge >= 0.3 is 0 Å². The molecule has 0 radical (unpaired) electrons. The fraction of sp³-hybridized carbons (Fsp3) is 0.297. The highest BCUT2D eigenvalue weighted by molar-refractivity contribution is 7.22. The number of rotatable bonds is 8. The van der Waals surface area contributed by atoms with Gasteiger partial charge in [0.05, 0.1) is 47.1 Å². The van der Waals surface area contributed by atoms with E-state index in [-0.39, 0.29) is 41.3 Å². The van der Waals surface area contributed by atoms with Crippen LogP contribution in [0.3, 0.4) is 0 Å². The Morgan fingerprint density at radius 2 is 1.90 bits per heavy atom. The van der Waals surface area contributed by atoms with Gasteiger partial charge in [-0.3, -0.25) is 9.78 Å². The summed E-state index contributed by atoms with van der Waals surface area (Å²) in [7, 11) is 1.49. The van der Waals surface area contributed by atoms with E-state index >= 15 is 0 Å². The maximum atomic E-state index is 14.5. The van der Waals surface area contributed by atoms with Crippen molar-refractivity contribution in [2.24, 2.45) is 0 Å². The predicted octanol–water partition coefficient (Wildman–Crippen LogP) is 7.57. The zero-order valence-corrected chi connectivity index (χ0v) is 28.1. The average Bonchev–Trinajstić information content (AvgIpc) is 3.96. The summed E-state index contributed by atoms with van der Waals surface area (Å²) in [5, 5.41) is 13.0. The number of hydrogen-bond donors (Lipinski definition) is 1. The number of nitrogens with zero attached hydrogens (tertiary/aromatic N) is 6. The summed E-state index contributed by atoms with van der Waals surface area (Å²) in [5.41, 5.74) is 6.17. The lowest BCUT2D eigenvalue weighted by atomic mass is 9.93. The number of carbonyl (C=O) groups excluding carboxylic acids is 1. The van der Waals surface area contributed by atoms with Crippen molar-refractivity contribution in [3.8, 4) is 27.6 Å². The lowest BCUT2D eigenvalue weighted by Crippen LogP contribution is -2.22. The van der Waals surface area contributed by atoms with Crippen LogP contribution in [0.4, 0.5) is 14.6 Å². The van der Waals surface area contributed by atoms with Crippen molar-refractivity contribution >= 4 is 33.3 Å². The maximum absolute atomic E-state index is 14.5. The lowest BCUT2D eigenvalue weighted by molar-refractivity contribution is 0.0776. The number of benzene rings is 2. The van der Waals surface area contributed by atoms with Crippen molar-refractivity contribution in [3.05, 3.63) is 100.0 Å². The highest BCUT2D eigenvalue weighted by Crippen LogP contribution is 2.50. The number of pyridine rings is 1. The van der Waals surface area contributed by atoms with Crippen molar-refractivity contribution in [2.45, 2.75) is 57.5 Å². The van der Waals surface area contributed by atoms with Crippen LogP contribution in [0.25, 0.3) is 32.1 Å². The smallest absolute Gasteiger partial charge is 0.257 e. The first-order valence-electron chi connectivity index (χ1n) is 16.7. The summed E-state index contributed by atoms with van der Waals surface area (Å²) < 4.78 is 39.7. The third-order valence-corrected chi connectivity index (χ3v) is 11.1. The van der Waals surface area contributed by atoms with Crippen molar-refractivity contribution < 1.29 is 22.7 Å². The molecule has 6 heterocycles. The number of aryl methyl sites for hydroxylation is 3. The van der Waals surface area contributed by atoms with Crippen LogP contribution in [0.15, 0.2) is 53.2 Å². The number of aromatic nitrogens is 5. The molecule has 1 fully saturated rings. The van der Waals surface area contributed by atoms with Crippen molar-refractivity contribution in [3.63, 3.8) is 0 Å². The Kier molecular flexibility index (Phi) is 7.34. The van der Waals surface area contributed by atoms with E-state index in [9.17, 15) is 13.6 Å². The topological polar surface area (TPSA) is 119 Å². The molecule has 1 amide bonds. The maximum Gasteiger partial charge on any atom is 0.257 e. The van der Waals surface area contributed by atoms with E-state index in [1.165, 1.54) is 43.0 Å². The average molecular weight is 692 g/mol. The summed E-state index contributed by atoms with van der Waals surface area (Å²) in [6.45, 7) is 2.40. The summed E-state index contributed by atoms with van der Waals surface area (Å²) in [6.07, 6.45) is 5.81. The van der Waals surface area contributed by atoms with Gasteiger partial charge in [0.15, 0.2) is 11.6 Å². The molecule has 1 N–H and O–H groups in total. The van der Waals surface area contributed by atoms with E-state index in [0.29, 0.717) is 54.2 Å². The molecule has 13 heteroatoms. The first kappa shape index (κ1) is 30.7. The van der Waals surface area contributed by atoms with Gasteiger partial charge in [0.1, 0.15) is 22.8 Å². The number of thiophene rings is 1. The van der Waals surface area contributed by atoms with Crippen LogP contribution in [0.2, 0.25) is 0 Å². The third-order valence-electron chi connectivity index (χ3n) is 10.0. The largest absolute Gasteiger partial charge is 0.493 e. The van der Waals surface area contributed by atoms with E-state index in [1.54, 1.807) is 25.1 Å². The summed E-state index contributed by atoms with van der Waals surface area (Å²) in [6, 6.07) is 11.5. The fourth-order valence-electron chi connectivity index (χ4n) is 7.79. The third kappa shape index (κ3) is 4.93. The van der Waals surface area contributed by atoms with E-state index in [2.05, 4.69) is 25.5 Å². The molecule has 0 bridgehead atoms. The second-order valence-corrected chi connectivity index (χ2v) is 13.9. The molecule has 9 rings (SSSR count). The SMILES string of the molecule is COc1c(F)ccc2c1CCC2Nc1ncnc2sc(-c3c4c(nc(CCc5ccc(F)cc5)c3-c3nnc(C)o3)C3CCCN3C4=O)cc12. The van der Waals surface area contributed by atoms with Crippen LogP contribution in [-0.4, -0.2) is 49.6 Å². The lowest BCUT2D eigenvalue weighted by Gasteiger charge is -2.16. The molecule has 0 spiro atoms. The standard InChI is InChI=1S/C37H31F2N7O3S/c1-18-44-45-35(49-18)29-26(13-7-19-5-8-20(38)9-6-19)42-32-27-4-3-15-46(27)37(47)31(32)30(29)28-16-23-34(40-17-41-36(23)50-28)43-25-14-11-22-21(25)10-12-24(39)33(22)48-2/h5-6,8-10,12,16-17,25,27H,3-4,7,11,13-15H2,1-2H3,(H,40,41,43). The Morgan fingerprint density at radius 1 is 1.04 bits per heavy atom. The van der Waals surface area contributed by atoms with Crippen LogP contribution in [0.5, 0.6) is 5.75 Å². The number of carbonyl (C=O) groups is 1. The number of nitrogens with one attached hydrogen (secondary N) is 1. The van der Waals surface area contributed by atoms with Gasteiger partial charge in [0.2, 0.25) is 11.8 Å². The highest BCUT2D eigenvalue weighted by Gasteiger charge is 2.45. The minimum Gasteiger partial charge on any atom is -0.493 e. The second kappa shape index (κ2) is 11.9. The Hall–Kier alpha value is -5.30. The Bertz CT molecular complexity index is 2320. The van der Waals surface area contributed by atoms with E-state index in [4.69, 9.17) is 14.1 Å². The Balaban J connectivity index is 1.20. The molecular weight excluding hydrogens is 661 g/mol. The van der Waals surface area contributed by atoms with Gasteiger partial charge in [-0.05, 0) is 73.9 Å². The van der Waals surface area contributed by atoms with Crippen molar-refractivity contribution in [1.29, 1.82) is 0 Å². The van der Waals surface area contributed by atoms with Gasteiger partial charge in [0.25, 0.3) is 5.91 Å². The monoisotopic (exact) mass is 691 g/mol. The summed E-state index contributed by atoms with van der Waals surface area (Å²) >= 11 is 1.46. The van der Waals surface area contributed by atoms with Gasteiger partial charge in [-0.15, -0.1) is 21.5 Å². The zero-order chi connectivity index (χ0) is 34.1. The molecule has 50 heavy (non-hydrogen) atoms. The molecule has 2 aliphatic heterocycles. The molecule has 4 aromatic heterocycles. The van der Waals surface area contributed by atoms with Gasteiger partial charge in [0, 0.05) is 29.5 Å². The molecule has 10 nitrogen and oxygen atoms in total. The molecule has 2 unspecified atom stereocenters. The fourth-order valence-corrected chi connectivity index (χ4v) is 8.85. The number of methoxy groups -OCH3 is 1. The van der Waals surface area contributed by atoms with Crippen LogP contribution in [0.1, 0.15) is 75.7 Å². The molecule has 252 valence electrons. The van der Waals surface area contributed by atoms with Crippen LogP contribution < -0.4 is 10.1 Å². The zero-order valence-electron chi connectivity index (χ0n) is 27.3. The Labute approximate surface area is 289 Å². The molecule has 6 aromatic rings. The minimum absolute atomic E-state index is 0.0572. The van der Waals surface area contributed by atoms with Crippen LogP contribution in [-0.2, 0) is 19.3 Å². The number of amides is 1. The minimum atomic E-state index is -0.372. The van der Waals surface area contributed by atoms with E-state index in [0.717, 1.165) is 62.4 Å². The van der Waals surface area contributed by atoms with Gasteiger partial charge in [-0.1, -0.05) is 18.2 Å². The molecule has 3 aliphatic rings. The number of fused-ring (bicyclic) bond motifs is 5. The number of hydrogen-bond acceptors (Lipinski definition) is 10. The normalized spacial score (nSPS) is 17.8. The summed E-state index contributed by atoms with van der Waals surface area (Å²) in [5.74, 6) is 0.885. The van der Waals surface area contributed by atoms with Gasteiger partial charge < -0.3 is 19.4 Å². The predicted molar refractivity (Wildman–Crippen MR) is 183 cm³/mol. The number of anilines is 1. The molecule has 1 aliphatic carbocycles. The van der Waals surface area contributed by atoms with Gasteiger partial charge in [-0.2, -0.15) is 0 Å². The van der Waals surface area contributed by atoms with Crippen LogP contribution >= 0.6 is 11.3 Å². The molecule has 1 saturated heterocycles. The second-order valence-electron chi connectivity index (χ2n) is 12.9. The van der Waals surface area contributed by atoms with E-state index < -0.39 is 0 Å². The molecule has 2 aromatic carbocycles.